The second-order valence-electron chi connectivity index (χ2n) is 7.18. The Balaban J connectivity index is 1.35. The Bertz CT molecular complexity index is 1080. The Morgan fingerprint density at radius 2 is 2.07 bits per heavy atom. The molecule has 1 saturated heterocycles. The molecule has 0 spiro atoms. The number of rotatable bonds is 4. The highest BCUT2D eigenvalue weighted by Gasteiger charge is 2.26. The van der Waals surface area contributed by atoms with Gasteiger partial charge in [0.05, 0.1) is 11.9 Å². The Morgan fingerprint density at radius 3 is 2.83 bits per heavy atom. The van der Waals surface area contributed by atoms with Crippen molar-refractivity contribution in [2.75, 3.05) is 29.9 Å². The highest BCUT2D eigenvalue weighted by atomic mass is 32.1. The molecular formula is C20H20FN7S. The third-order valence-corrected chi connectivity index (χ3v) is 6.31. The van der Waals surface area contributed by atoms with Crippen molar-refractivity contribution in [3.8, 4) is 11.3 Å². The second kappa shape index (κ2) is 7.40. The highest BCUT2D eigenvalue weighted by molar-refractivity contribution is 7.20. The van der Waals surface area contributed by atoms with Gasteiger partial charge in [0.15, 0.2) is 5.82 Å². The summed E-state index contributed by atoms with van der Waals surface area (Å²) in [6.45, 7) is 1.88. The van der Waals surface area contributed by atoms with E-state index in [0.717, 1.165) is 53.1 Å². The van der Waals surface area contributed by atoms with Gasteiger partial charge in [0, 0.05) is 37.9 Å². The van der Waals surface area contributed by atoms with E-state index in [1.807, 2.05) is 18.3 Å². The topological polar surface area (TPSA) is 62.5 Å². The van der Waals surface area contributed by atoms with Crippen molar-refractivity contribution < 1.29 is 4.39 Å². The molecule has 1 aliphatic rings. The Morgan fingerprint density at radius 1 is 1.21 bits per heavy atom. The lowest BCUT2D eigenvalue weighted by molar-refractivity contribution is 0.483. The van der Waals surface area contributed by atoms with Crippen molar-refractivity contribution >= 4 is 27.2 Å². The summed E-state index contributed by atoms with van der Waals surface area (Å²) >= 11 is 1.56. The van der Waals surface area contributed by atoms with Crippen LogP contribution in [0.4, 0.5) is 15.3 Å². The molecular weight excluding hydrogens is 389 g/mol. The molecule has 7 nitrogen and oxygen atoms in total. The number of likely N-dealkylation sites (N-methyl/N-ethyl adjacent to an activating group) is 1. The monoisotopic (exact) mass is 409 g/mol. The number of anilines is 2. The van der Waals surface area contributed by atoms with E-state index in [1.54, 1.807) is 34.2 Å². The number of aromatic nitrogens is 5. The normalized spacial score (nSPS) is 17.0. The lowest BCUT2D eigenvalue weighted by Gasteiger charge is -2.37. The van der Waals surface area contributed by atoms with E-state index in [9.17, 15) is 4.39 Å². The smallest absolute Gasteiger partial charge is 0.214 e. The van der Waals surface area contributed by atoms with E-state index >= 15 is 0 Å². The number of imidazole rings is 1. The van der Waals surface area contributed by atoms with Crippen LogP contribution in [-0.2, 0) is 0 Å². The van der Waals surface area contributed by atoms with Gasteiger partial charge < -0.3 is 9.80 Å². The molecule has 9 heteroatoms. The summed E-state index contributed by atoms with van der Waals surface area (Å²) in [5, 5.41) is 13.9. The van der Waals surface area contributed by atoms with Gasteiger partial charge in [-0.15, -0.1) is 10.2 Å². The third-order valence-electron chi connectivity index (χ3n) is 5.30. The van der Waals surface area contributed by atoms with E-state index in [0.29, 0.717) is 6.04 Å². The molecule has 0 radical (unpaired) electrons. The summed E-state index contributed by atoms with van der Waals surface area (Å²) in [6, 6.07) is 10.6. The molecule has 29 heavy (non-hydrogen) atoms. The van der Waals surface area contributed by atoms with Crippen LogP contribution in [0.5, 0.6) is 0 Å². The lowest BCUT2D eigenvalue weighted by Crippen LogP contribution is -2.47. The molecule has 1 atom stereocenters. The average molecular weight is 409 g/mol. The molecule has 1 aromatic carbocycles. The minimum atomic E-state index is -0.250. The zero-order valence-corrected chi connectivity index (χ0v) is 16.8. The molecule has 1 aliphatic heterocycles. The molecule has 1 fully saturated rings. The third kappa shape index (κ3) is 3.53. The number of hydrogen-bond donors (Lipinski definition) is 0. The first-order chi connectivity index (χ1) is 14.2. The van der Waals surface area contributed by atoms with Crippen molar-refractivity contribution in [2.24, 2.45) is 0 Å². The molecule has 3 aromatic heterocycles. The van der Waals surface area contributed by atoms with E-state index in [4.69, 9.17) is 5.10 Å². The van der Waals surface area contributed by atoms with Crippen molar-refractivity contribution in [3.63, 3.8) is 0 Å². The summed E-state index contributed by atoms with van der Waals surface area (Å²) in [5.41, 5.74) is 1.68. The zero-order valence-electron chi connectivity index (χ0n) is 15.9. The van der Waals surface area contributed by atoms with Gasteiger partial charge in [0.25, 0.3) is 0 Å². The fraction of sp³-hybridized carbons (Fsp3) is 0.300. The molecule has 0 bridgehead atoms. The number of halogens is 1. The average Bonchev–Trinajstić information content (AvgIpc) is 3.34. The molecule has 4 heterocycles. The van der Waals surface area contributed by atoms with Gasteiger partial charge in [0.2, 0.25) is 10.1 Å². The van der Waals surface area contributed by atoms with E-state index in [2.05, 4.69) is 32.0 Å². The van der Waals surface area contributed by atoms with Crippen LogP contribution in [-0.4, -0.2) is 51.0 Å². The maximum absolute atomic E-state index is 13.1. The largest absolute Gasteiger partial charge is 0.353 e. The SMILES string of the molecule is CN(c1nn2cc(-c3ccc(F)cc3)nc2s1)C1CCCN(c2cccnn2)C1. The highest BCUT2D eigenvalue weighted by Crippen LogP contribution is 2.29. The molecule has 0 N–H and O–H groups in total. The first kappa shape index (κ1) is 18.0. The summed E-state index contributed by atoms with van der Waals surface area (Å²) in [5.74, 6) is 0.670. The van der Waals surface area contributed by atoms with E-state index in [1.165, 1.54) is 12.1 Å². The molecule has 0 amide bonds. The number of benzene rings is 1. The van der Waals surface area contributed by atoms with Crippen molar-refractivity contribution in [1.29, 1.82) is 0 Å². The van der Waals surface area contributed by atoms with Crippen LogP contribution < -0.4 is 9.80 Å². The van der Waals surface area contributed by atoms with Gasteiger partial charge in [-0.25, -0.2) is 13.9 Å². The van der Waals surface area contributed by atoms with Crippen LogP contribution in [0.3, 0.4) is 0 Å². The van der Waals surface area contributed by atoms with Crippen molar-refractivity contribution in [1.82, 2.24) is 24.8 Å². The van der Waals surface area contributed by atoms with Crippen molar-refractivity contribution in [2.45, 2.75) is 18.9 Å². The summed E-state index contributed by atoms with van der Waals surface area (Å²) in [6.07, 6.45) is 5.80. The van der Waals surface area contributed by atoms with Gasteiger partial charge in [-0.05, 0) is 49.2 Å². The second-order valence-corrected chi connectivity index (χ2v) is 8.11. The Kier molecular flexibility index (Phi) is 4.59. The minimum Gasteiger partial charge on any atom is -0.353 e. The molecule has 1 unspecified atom stereocenters. The van der Waals surface area contributed by atoms with Crippen LogP contribution in [0.25, 0.3) is 16.2 Å². The summed E-state index contributed by atoms with van der Waals surface area (Å²) in [4.78, 5) is 10.0. The fourth-order valence-corrected chi connectivity index (χ4v) is 4.61. The van der Waals surface area contributed by atoms with E-state index < -0.39 is 0 Å². The first-order valence-electron chi connectivity index (χ1n) is 9.55. The first-order valence-corrected chi connectivity index (χ1v) is 10.4. The van der Waals surface area contributed by atoms with Crippen LogP contribution in [0.15, 0.2) is 48.8 Å². The standard InChI is InChI=1S/C20H20FN7S/c1-26(16-4-3-11-27(12-16)18-5-2-10-22-24-18)20-25-28-13-17(23-19(28)29-20)14-6-8-15(21)9-7-14/h2,5-10,13,16H,3-4,11-12H2,1H3. The number of hydrogen-bond acceptors (Lipinski definition) is 7. The quantitative estimate of drug-likeness (QED) is 0.514. The predicted molar refractivity (Wildman–Crippen MR) is 112 cm³/mol. The molecule has 0 aliphatic carbocycles. The number of fused-ring (bicyclic) bond motifs is 1. The maximum atomic E-state index is 13.1. The molecule has 4 aromatic rings. The van der Waals surface area contributed by atoms with Crippen LogP contribution in [0.1, 0.15) is 12.8 Å². The summed E-state index contributed by atoms with van der Waals surface area (Å²) < 4.78 is 15.0. The molecule has 0 saturated carbocycles. The van der Waals surface area contributed by atoms with Gasteiger partial charge in [0.1, 0.15) is 5.82 Å². The van der Waals surface area contributed by atoms with Crippen LogP contribution in [0, 0.1) is 5.82 Å². The van der Waals surface area contributed by atoms with Crippen LogP contribution >= 0.6 is 11.3 Å². The molecule has 5 rings (SSSR count). The summed E-state index contributed by atoms with van der Waals surface area (Å²) in [7, 11) is 2.09. The van der Waals surface area contributed by atoms with Gasteiger partial charge in [-0.1, -0.05) is 11.3 Å². The lowest BCUT2D eigenvalue weighted by atomic mass is 10.0. The van der Waals surface area contributed by atoms with Gasteiger partial charge >= 0.3 is 0 Å². The van der Waals surface area contributed by atoms with Gasteiger partial charge in [-0.3, -0.25) is 0 Å². The maximum Gasteiger partial charge on any atom is 0.214 e. The predicted octanol–water partition coefficient (Wildman–Crippen LogP) is 3.49. The molecule has 148 valence electrons. The Hall–Kier alpha value is -3.07. The Labute approximate surface area is 171 Å². The number of piperidine rings is 1. The fourth-order valence-electron chi connectivity index (χ4n) is 3.69. The minimum absolute atomic E-state index is 0.250. The van der Waals surface area contributed by atoms with Gasteiger partial charge in [-0.2, -0.15) is 5.10 Å². The van der Waals surface area contributed by atoms with Crippen LogP contribution in [0.2, 0.25) is 0 Å². The van der Waals surface area contributed by atoms with E-state index in [-0.39, 0.29) is 5.82 Å². The number of nitrogens with zero attached hydrogens (tertiary/aromatic N) is 7. The van der Waals surface area contributed by atoms with Crippen molar-refractivity contribution in [3.05, 3.63) is 54.6 Å². The zero-order chi connectivity index (χ0) is 19.8.